The van der Waals surface area contributed by atoms with E-state index in [0.29, 0.717) is 5.65 Å². The molecule has 0 atom stereocenters. The fourth-order valence-electron chi connectivity index (χ4n) is 2.68. The Kier molecular flexibility index (Phi) is 3.78. The maximum atomic E-state index is 5.24. The molecule has 6 heteroatoms. The van der Waals surface area contributed by atoms with Crippen molar-refractivity contribution in [3.8, 4) is 34.0 Å². The number of methoxy groups -OCH3 is 2. The molecule has 0 aliphatic rings. The number of hydrogen-bond donors (Lipinski definition) is 1. The Bertz CT molecular complexity index is 926. The number of fused-ring (bicyclic) bond motifs is 1. The number of nitrogens with zero attached hydrogens (tertiary/aromatic N) is 3. The van der Waals surface area contributed by atoms with Crippen molar-refractivity contribution >= 4 is 11.2 Å². The molecule has 4 rings (SSSR count). The number of benzene rings is 2. The van der Waals surface area contributed by atoms with E-state index in [4.69, 9.17) is 19.4 Å². The zero-order valence-electron chi connectivity index (χ0n) is 13.9. The van der Waals surface area contributed by atoms with Gasteiger partial charge in [-0.3, -0.25) is 5.10 Å². The van der Waals surface area contributed by atoms with Crippen LogP contribution in [-0.4, -0.2) is 34.4 Å². The Morgan fingerprint density at radius 1 is 0.720 bits per heavy atom. The predicted octanol–water partition coefficient (Wildman–Crippen LogP) is 3.70. The summed E-state index contributed by atoms with van der Waals surface area (Å²) in [4.78, 5) is 9.48. The molecule has 0 radical (unpaired) electrons. The van der Waals surface area contributed by atoms with E-state index >= 15 is 0 Å². The van der Waals surface area contributed by atoms with Gasteiger partial charge < -0.3 is 9.47 Å². The van der Waals surface area contributed by atoms with E-state index in [-0.39, 0.29) is 0 Å². The van der Waals surface area contributed by atoms with Crippen LogP contribution in [-0.2, 0) is 0 Å². The fraction of sp³-hybridized carbons (Fsp3) is 0.105. The highest BCUT2D eigenvalue weighted by atomic mass is 16.5. The number of aromatic nitrogens is 4. The van der Waals surface area contributed by atoms with E-state index in [1.807, 2.05) is 48.5 Å². The Labute approximate surface area is 144 Å². The first-order valence-corrected chi connectivity index (χ1v) is 7.78. The quantitative estimate of drug-likeness (QED) is 0.617. The minimum absolute atomic E-state index is 0.656. The number of hydrogen-bond acceptors (Lipinski definition) is 5. The highest BCUT2D eigenvalue weighted by Crippen LogP contribution is 2.32. The van der Waals surface area contributed by atoms with E-state index in [1.165, 1.54) is 0 Å². The molecule has 0 spiro atoms. The molecule has 0 bridgehead atoms. The van der Waals surface area contributed by atoms with Gasteiger partial charge in [0.2, 0.25) is 0 Å². The molecule has 2 heterocycles. The Morgan fingerprint density at radius 3 is 1.76 bits per heavy atom. The molecule has 1 N–H and O–H groups in total. The van der Waals surface area contributed by atoms with Crippen LogP contribution in [0.1, 0.15) is 0 Å². The van der Waals surface area contributed by atoms with Crippen molar-refractivity contribution in [2.24, 2.45) is 0 Å². The number of H-pyrrole nitrogens is 1. The first-order chi connectivity index (χ1) is 12.3. The lowest BCUT2D eigenvalue weighted by Crippen LogP contribution is -1.95. The van der Waals surface area contributed by atoms with E-state index in [9.17, 15) is 0 Å². The molecule has 124 valence electrons. The smallest absolute Gasteiger partial charge is 0.174 e. The van der Waals surface area contributed by atoms with Crippen LogP contribution in [0.15, 0.2) is 54.7 Å². The average Bonchev–Trinajstić information content (AvgIpc) is 3.15. The number of rotatable bonds is 4. The van der Waals surface area contributed by atoms with Gasteiger partial charge in [0, 0.05) is 11.1 Å². The summed E-state index contributed by atoms with van der Waals surface area (Å²) in [5.74, 6) is 1.59. The van der Waals surface area contributed by atoms with Crippen molar-refractivity contribution in [2.75, 3.05) is 14.2 Å². The molecule has 2 aromatic heterocycles. The van der Waals surface area contributed by atoms with Gasteiger partial charge in [-0.1, -0.05) is 0 Å². The van der Waals surface area contributed by atoms with Crippen LogP contribution < -0.4 is 9.47 Å². The van der Waals surface area contributed by atoms with E-state index in [2.05, 4.69) is 10.2 Å². The molecule has 25 heavy (non-hydrogen) atoms. The molecule has 0 saturated carbocycles. The van der Waals surface area contributed by atoms with Crippen molar-refractivity contribution < 1.29 is 9.47 Å². The number of nitrogens with one attached hydrogen (secondary N) is 1. The summed E-state index contributed by atoms with van der Waals surface area (Å²) >= 11 is 0. The first-order valence-electron chi connectivity index (χ1n) is 7.78. The summed E-state index contributed by atoms with van der Waals surface area (Å²) in [6.45, 7) is 0. The number of aromatic amines is 1. The second-order valence-electron chi connectivity index (χ2n) is 5.48. The van der Waals surface area contributed by atoms with Crippen LogP contribution in [0.2, 0.25) is 0 Å². The standard InChI is InChI=1S/C19H16N4O2/c1-24-14-7-3-12(4-8-14)17-18(13-5-9-15(25-2)10-6-13)22-19-16(21-17)11-20-23-19/h3-11H,1-2H3,(H,20,22,23). The lowest BCUT2D eigenvalue weighted by Gasteiger charge is -2.10. The van der Waals surface area contributed by atoms with Crippen molar-refractivity contribution in [1.29, 1.82) is 0 Å². The summed E-state index contributed by atoms with van der Waals surface area (Å²) in [6, 6.07) is 15.5. The van der Waals surface area contributed by atoms with Gasteiger partial charge in [0.1, 0.15) is 17.0 Å². The summed E-state index contributed by atoms with van der Waals surface area (Å²) < 4.78 is 10.5. The predicted molar refractivity (Wildman–Crippen MR) is 95.7 cm³/mol. The second-order valence-corrected chi connectivity index (χ2v) is 5.48. The third-order valence-electron chi connectivity index (χ3n) is 4.01. The van der Waals surface area contributed by atoms with Gasteiger partial charge in [-0.25, -0.2) is 9.97 Å². The second kappa shape index (κ2) is 6.24. The minimum atomic E-state index is 0.656. The maximum absolute atomic E-state index is 5.24. The van der Waals surface area contributed by atoms with E-state index in [1.54, 1.807) is 20.4 Å². The minimum Gasteiger partial charge on any atom is -0.497 e. The van der Waals surface area contributed by atoms with Crippen molar-refractivity contribution in [2.45, 2.75) is 0 Å². The Morgan fingerprint density at radius 2 is 1.24 bits per heavy atom. The van der Waals surface area contributed by atoms with Gasteiger partial charge in [-0.15, -0.1) is 0 Å². The molecule has 6 nitrogen and oxygen atoms in total. The molecular weight excluding hydrogens is 316 g/mol. The SMILES string of the molecule is COc1ccc(-c2nc3cn[nH]c3nc2-c2ccc(OC)cc2)cc1. The zero-order valence-corrected chi connectivity index (χ0v) is 13.9. The maximum Gasteiger partial charge on any atom is 0.174 e. The van der Waals surface area contributed by atoms with E-state index < -0.39 is 0 Å². The van der Waals surface area contributed by atoms with E-state index in [0.717, 1.165) is 39.5 Å². The molecule has 0 aliphatic heterocycles. The Hall–Kier alpha value is -3.41. The molecule has 0 fully saturated rings. The van der Waals surface area contributed by atoms with Crippen LogP contribution in [0, 0.1) is 0 Å². The molecule has 4 aromatic rings. The molecule has 0 saturated heterocycles. The summed E-state index contributed by atoms with van der Waals surface area (Å²) in [5, 5.41) is 6.92. The first kappa shape index (κ1) is 15.1. The van der Waals surface area contributed by atoms with Gasteiger partial charge in [-0.05, 0) is 48.5 Å². The van der Waals surface area contributed by atoms with Crippen LogP contribution >= 0.6 is 0 Å². The topological polar surface area (TPSA) is 72.9 Å². The monoisotopic (exact) mass is 332 g/mol. The molecule has 0 amide bonds. The molecule has 2 aromatic carbocycles. The third-order valence-corrected chi connectivity index (χ3v) is 4.01. The molecule has 0 unspecified atom stereocenters. The van der Waals surface area contributed by atoms with Crippen LogP contribution in [0.5, 0.6) is 11.5 Å². The van der Waals surface area contributed by atoms with Gasteiger partial charge >= 0.3 is 0 Å². The summed E-state index contributed by atoms with van der Waals surface area (Å²) in [7, 11) is 3.30. The lowest BCUT2D eigenvalue weighted by atomic mass is 10.0. The van der Waals surface area contributed by atoms with Crippen molar-refractivity contribution in [3.63, 3.8) is 0 Å². The molecular formula is C19H16N4O2. The van der Waals surface area contributed by atoms with Gasteiger partial charge in [0.05, 0.1) is 31.8 Å². The Balaban J connectivity index is 1.90. The van der Waals surface area contributed by atoms with Gasteiger partial charge in [0.25, 0.3) is 0 Å². The summed E-state index contributed by atoms with van der Waals surface area (Å²) in [5.41, 5.74) is 4.87. The largest absolute Gasteiger partial charge is 0.497 e. The highest BCUT2D eigenvalue weighted by molar-refractivity contribution is 5.84. The number of ether oxygens (including phenoxy) is 2. The fourth-order valence-corrected chi connectivity index (χ4v) is 2.68. The van der Waals surface area contributed by atoms with Crippen LogP contribution in [0.4, 0.5) is 0 Å². The highest BCUT2D eigenvalue weighted by Gasteiger charge is 2.14. The van der Waals surface area contributed by atoms with Crippen molar-refractivity contribution in [1.82, 2.24) is 20.2 Å². The lowest BCUT2D eigenvalue weighted by molar-refractivity contribution is 0.414. The normalized spacial score (nSPS) is 10.8. The zero-order chi connectivity index (χ0) is 17.2. The molecule has 0 aliphatic carbocycles. The van der Waals surface area contributed by atoms with Gasteiger partial charge in [0.15, 0.2) is 5.65 Å². The van der Waals surface area contributed by atoms with Crippen LogP contribution in [0.3, 0.4) is 0 Å². The summed E-state index contributed by atoms with van der Waals surface area (Å²) in [6.07, 6.45) is 1.67. The third kappa shape index (κ3) is 2.78. The van der Waals surface area contributed by atoms with Crippen molar-refractivity contribution in [3.05, 3.63) is 54.7 Å². The van der Waals surface area contributed by atoms with Crippen LogP contribution in [0.25, 0.3) is 33.7 Å². The van der Waals surface area contributed by atoms with Gasteiger partial charge in [-0.2, -0.15) is 5.10 Å². The average molecular weight is 332 g/mol.